The summed E-state index contributed by atoms with van der Waals surface area (Å²) >= 11 is 0. The minimum Gasteiger partial charge on any atom is -0.497 e. The standard InChI is InChI=1S/C15H15N3O/c1-11-7-15-14(16-8-11)9-17-18(15)10-12-3-5-13(19-2)6-4-12/h3-9H,10H2,1-2H3. The Morgan fingerprint density at radius 1 is 1.16 bits per heavy atom. The number of hydrogen-bond donors (Lipinski definition) is 0. The normalized spacial score (nSPS) is 10.8. The Bertz CT molecular complexity index is 701. The predicted molar refractivity (Wildman–Crippen MR) is 74.4 cm³/mol. The lowest BCUT2D eigenvalue weighted by Gasteiger charge is -2.05. The Morgan fingerprint density at radius 3 is 2.68 bits per heavy atom. The molecule has 0 spiro atoms. The molecule has 2 heterocycles. The average molecular weight is 253 g/mol. The van der Waals surface area contributed by atoms with Crippen LogP contribution in [0.3, 0.4) is 0 Å². The molecule has 19 heavy (non-hydrogen) atoms. The summed E-state index contributed by atoms with van der Waals surface area (Å²) in [7, 11) is 1.67. The SMILES string of the molecule is COc1ccc(Cn2ncc3ncc(C)cc32)cc1. The number of ether oxygens (including phenoxy) is 1. The molecule has 96 valence electrons. The van der Waals surface area contributed by atoms with Crippen LogP contribution in [0.4, 0.5) is 0 Å². The molecule has 1 aromatic carbocycles. The largest absolute Gasteiger partial charge is 0.497 e. The second-order valence-electron chi connectivity index (χ2n) is 4.57. The molecule has 0 saturated carbocycles. The molecular formula is C15H15N3O. The lowest BCUT2D eigenvalue weighted by molar-refractivity contribution is 0.414. The monoisotopic (exact) mass is 253 g/mol. The van der Waals surface area contributed by atoms with E-state index in [4.69, 9.17) is 4.74 Å². The molecule has 0 bridgehead atoms. The van der Waals surface area contributed by atoms with Crippen LogP contribution in [0.5, 0.6) is 5.75 Å². The lowest BCUT2D eigenvalue weighted by Crippen LogP contribution is -2.01. The molecule has 4 heteroatoms. The molecule has 0 aliphatic heterocycles. The summed E-state index contributed by atoms with van der Waals surface area (Å²) in [6, 6.07) is 10.1. The first-order valence-corrected chi connectivity index (χ1v) is 6.17. The van der Waals surface area contributed by atoms with E-state index in [0.717, 1.165) is 28.9 Å². The van der Waals surface area contributed by atoms with Crippen molar-refractivity contribution in [3.8, 4) is 5.75 Å². The van der Waals surface area contributed by atoms with Crippen molar-refractivity contribution in [1.29, 1.82) is 0 Å². The molecule has 4 nitrogen and oxygen atoms in total. The number of nitrogens with zero attached hydrogens (tertiary/aromatic N) is 3. The Kier molecular flexibility index (Phi) is 2.91. The smallest absolute Gasteiger partial charge is 0.118 e. The predicted octanol–water partition coefficient (Wildman–Crippen LogP) is 2.80. The van der Waals surface area contributed by atoms with E-state index in [-0.39, 0.29) is 0 Å². The Morgan fingerprint density at radius 2 is 1.95 bits per heavy atom. The Labute approximate surface area is 111 Å². The van der Waals surface area contributed by atoms with Crippen molar-refractivity contribution in [1.82, 2.24) is 14.8 Å². The molecule has 0 aliphatic carbocycles. The van der Waals surface area contributed by atoms with Crippen molar-refractivity contribution in [2.45, 2.75) is 13.5 Å². The van der Waals surface area contributed by atoms with Crippen molar-refractivity contribution >= 4 is 11.0 Å². The van der Waals surface area contributed by atoms with E-state index in [1.54, 1.807) is 13.3 Å². The van der Waals surface area contributed by atoms with E-state index in [1.165, 1.54) is 5.56 Å². The fourth-order valence-electron chi connectivity index (χ4n) is 2.09. The zero-order valence-electron chi connectivity index (χ0n) is 11.0. The number of methoxy groups -OCH3 is 1. The zero-order chi connectivity index (χ0) is 13.2. The van der Waals surface area contributed by atoms with Crippen LogP contribution in [-0.4, -0.2) is 21.9 Å². The lowest BCUT2D eigenvalue weighted by atomic mass is 10.2. The third-order valence-corrected chi connectivity index (χ3v) is 3.12. The van der Waals surface area contributed by atoms with Gasteiger partial charge in [-0.25, -0.2) is 0 Å². The van der Waals surface area contributed by atoms with Gasteiger partial charge in [0.2, 0.25) is 0 Å². The number of benzene rings is 1. The minimum atomic E-state index is 0.735. The van der Waals surface area contributed by atoms with Crippen LogP contribution < -0.4 is 4.74 Å². The molecule has 2 aromatic heterocycles. The molecular weight excluding hydrogens is 238 g/mol. The second-order valence-corrected chi connectivity index (χ2v) is 4.57. The molecule has 0 atom stereocenters. The highest BCUT2D eigenvalue weighted by atomic mass is 16.5. The van der Waals surface area contributed by atoms with Crippen LogP contribution in [0.15, 0.2) is 42.7 Å². The van der Waals surface area contributed by atoms with Gasteiger partial charge in [-0.15, -0.1) is 0 Å². The van der Waals surface area contributed by atoms with E-state index in [0.29, 0.717) is 0 Å². The summed E-state index contributed by atoms with van der Waals surface area (Å²) in [6.45, 7) is 2.77. The fraction of sp³-hybridized carbons (Fsp3) is 0.200. The van der Waals surface area contributed by atoms with Gasteiger partial charge < -0.3 is 4.74 Å². The van der Waals surface area contributed by atoms with Gasteiger partial charge in [0.25, 0.3) is 0 Å². The number of aryl methyl sites for hydroxylation is 1. The number of fused-ring (bicyclic) bond motifs is 1. The van der Waals surface area contributed by atoms with Gasteiger partial charge in [-0.05, 0) is 36.2 Å². The van der Waals surface area contributed by atoms with Gasteiger partial charge in [-0.1, -0.05) is 12.1 Å². The third-order valence-electron chi connectivity index (χ3n) is 3.12. The van der Waals surface area contributed by atoms with Crippen molar-refractivity contribution in [2.75, 3.05) is 7.11 Å². The quantitative estimate of drug-likeness (QED) is 0.720. The van der Waals surface area contributed by atoms with Crippen LogP contribution in [0.2, 0.25) is 0 Å². The molecule has 3 aromatic rings. The van der Waals surface area contributed by atoms with Gasteiger partial charge in [0.1, 0.15) is 11.3 Å². The third kappa shape index (κ3) is 2.29. The van der Waals surface area contributed by atoms with Crippen LogP contribution in [-0.2, 0) is 6.54 Å². The van der Waals surface area contributed by atoms with Crippen molar-refractivity contribution in [2.24, 2.45) is 0 Å². The van der Waals surface area contributed by atoms with Gasteiger partial charge in [0.15, 0.2) is 0 Å². The van der Waals surface area contributed by atoms with Crippen LogP contribution in [0.1, 0.15) is 11.1 Å². The average Bonchev–Trinajstić information content (AvgIpc) is 2.82. The van der Waals surface area contributed by atoms with E-state index in [2.05, 4.69) is 28.3 Å². The maximum Gasteiger partial charge on any atom is 0.118 e. The van der Waals surface area contributed by atoms with Crippen LogP contribution >= 0.6 is 0 Å². The van der Waals surface area contributed by atoms with Gasteiger partial charge in [0.05, 0.1) is 25.4 Å². The van der Waals surface area contributed by atoms with Crippen LogP contribution in [0, 0.1) is 6.92 Å². The zero-order valence-corrected chi connectivity index (χ0v) is 11.0. The van der Waals surface area contributed by atoms with Crippen LogP contribution in [0.25, 0.3) is 11.0 Å². The molecule has 3 rings (SSSR count). The molecule has 0 fully saturated rings. The van der Waals surface area contributed by atoms with E-state index >= 15 is 0 Å². The van der Waals surface area contributed by atoms with E-state index < -0.39 is 0 Å². The molecule has 0 N–H and O–H groups in total. The summed E-state index contributed by atoms with van der Waals surface area (Å²) in [6.07, 6.45) is 3.67. The summed E-state index contributed by atoms with van der Waals surface area (Å²) in [5, 5.41) is 4.40. The summed E-state index contributed by atoms with van der Waals surface area (Å²) in [5.74, 6) is 0.867. The number of rotatable bonds is 3. The highest BCUT2D eigenvalue weighted by molar-refractivity contribution is 5.74. The topological polar surface area (TPSA) is 39.9 Å². The van der Waals surface area contributed by atoms with E-state index in [1.807, 2.05) is 29.9 Å². The Balaban J connectivity index is 1.93. The highest BCUT2D eigenvalue weighted by Gasteiger charge is 2.04. The van der Waals surface area contributed by atoms with Gasteiger partial charge in [-0.3, -0.25) is 9.67 Å². The summed E-state index contributed by atoms with van der Waals surface area (Å²) in [5.41, 5.74) is 4.33. The second kappa shape index (κ2) is 4.72. The maximum atomic E-state index is 5.16. The molecule has 0 aliphatic rings. The van der Waals surface area contributed by atoms with Crippen molar-refractivity contribution in [3.05, 3.63) is 53.9 Å². The first kappa shape index (κ1) is 11.7. The van der Waals surface area contributed by atoms with Crippen molar-refractivity contribution in [3.63, 3.8) is 0 Å². The van der Waals surface area contributed by atoms with Gasteiger partial charge >= 0.3 is 0 Å². The summed E-state index contributed by atoms with van der Waals surface area (Å²) < 4.78 is 7.13. The first-order chi connectivity index (χ1) is 9.26. The minimum absolute atomic E-state index is 0.735. The number of pyridine rings is 1. The molecule has 0 amide bonds. The molecule has 0 unspecified atom stereocenters. The fourth-order valence-corrected chi connectivity index (χ4v) is 2.09. The number of aromatic nitrogens is 3. The molecule has 0 radical (unpaired) electrons. The van der Waals surface area contributed by atoms with Crippen molar-refractivity contribution < 1.29 is 4.74 Å². The number of hydrogen-bond acceptors (Lipinski definition) is 3. The first-order valence-electron chi connectivity index (χ1n) is 6.17. The van der Waals surface area contributed by atoms with E-state index in [9.17, 15) is 0 Å². The van der Waals surface area contributed by atoms with Gasteiger partial charge in [0, 0.05) is 6.20 Å². The molecule has 0 saturated heterocycles. The highest BCUT2D eigenvalue weighted by Crippen LogP contribution is 2.16. The summed E-state index contributed by atoms with van der Waals surface area (Å²) in [4.78, 5) is 4.37. The van der Waals surface area contributed by atoms with Gasteiger partial charge in [-0.2, -0.15) is 5.10 Å². The maximum absolute atomic E-state index is 5.16. The Hall–Kier alpha value is -2.36.